The van der Waals surface area contributed by atoms with Crippen molar-refractivity contribution in [3.8, 4) is 0 Å². The van der Waals surface area contributed by atoms with Crippen LogP contribution in [0.4, 0.5) is 0 Å². The van der Waals surface area contributed by atoms with Crippen molar-refractivity contribution in [1.29, 1.82) is 0 Å². The Bertz CT molecular complexity index is 109. The largest absolute Gasteiger partial charge is 2.00 e. The molecule has 0 unspecified atom stereocenters. The van der Waals surface area contributed by atoms with Crippen molar-refractivity contribution in [3.05, 3.63) is 0 Å². The monoisotopic (exact) mass is 308 g/mol. The molecule has 0 aromatic heterocycles. The number of hydrogen-bond donors (Lipinski definition) is 0. The molecule has 0 saturated carbocycles. The van der Waals surface area contributed by atoms with Gasteiger partial charge in [0.1, 0.15) is 0 Å². The molecule has 0 aromatic rings. The predicted octanol–water partition coefficient (Wildman–Crippen LogP) is 1.57. The van der Waals surface area contributed by atoms with Crippen LogP contribution in [0, 0.1) is 5.92 Å². The molecule has 0 spiro atoms. The Morgan fingerprint density at radius 2 is 1.53 bits per heavy atom. The van der Waals surface area contributed by atoms with Gasteiger partial charge in [0.05, 0.1) is 0 Å². The van der Waals surface area contributed by atoms with Crippen LogP contribution in [-0.2, 0) is 4.52 Å². The van der Waals surface area contributed by atoms with Crippen LogP contribution in [0.1, 0.15) is 52.4 Å². The van der Waals surface area contributed by atoms with Gasteiger partial charge in [-0.2, -0.15) is 8.60 Å². The van der Waals surface area contributed by atoms with Gasteiger partial charge < -0.3 is 14.3 Å². The Morgan fingerprint density at radius 1 is 1.00 bits per heavy atom. The first-order chi connectivity index (χ1) is 6.63. The average molecular weight is 308 g/mol. The maximum atomic E-state index is 10.0. The van der Waals surface area contributed by atoms with Gasteiger partial charge in [0.15, 0.2) is 0 Å². The molecule has 0 atom stereocenters. The van der Waals surface area contributed by atoms with Crippen molar-refractivity contribution >= 4 is 54.1 Å². The van der Waals surface area contributed by atoms with Gasteiger partial charge in [-0.15, -0.1) is 0 Å². The first-order valence-corrected chi connectivity index (χ1v) is 6.49. The van der Waals surface area contributed by atoms with Gasteiger partial charge in [-0.1, -0.05) is 46.0 Å². The van der Waals surface area contributed by atoms with Gasteiger partial charge in [0.2, 0.25) is 0 Å². The molecule has 0 saturated heterocycles. The molecule has 0 aliphatic carbocycles. The summed E-state index contributed by atoms with van der Waals surface area (Å²) in [6, 6.07) is 0. The zero-order chi connectivity index (χ0) is 10.8. The molecule has 0 N–H and O–H groups in total. The van der Waals surface area contributed by atoms with Gasteiger partial charge in [-0.25, -0.2) is 0 Å². The van der Waals surface area contributed by atoms with Gasteiger partial charge in [-0.3, -0.25) is 0 Å². The van der Waals surface area contributed by atoms with Crippen molar-refractivity contribution in [1.82, 2.24) is 0 Å². The van der Waals surface area contributed by atoms with Crippen LogP contribution in [0.25, 0.3) is 0 Å². The summed E-state index contributed by atoms with van der Waals surface area (Å²) in [6.45, 7) is 4.82. The third kappa shape index (κ3) is 18.4. The fraction of sp³-hybridized carbons (Fsp3) is 1.00. The standard InChI is InChI=1S/C10H21O3P.Sr/c1-10(2)8-6-4-3-5-7-9-13-14(11)12;/h10H,3-9H2,1-2H3;/q-2;+2. The molecule has 0 radical (unpaired) electrons. The fourth-order valence-corrected chi connectivity index (χ4v) is 1.60. The van der Waals surface area contributed by atoms with Crippen LogP contribution in [0.5, 0.6) is 0 Å². The molecule has 0 fully saturated rings. The second kappa shape index (κ2) is 13.9. The summed E-state index contributed by atoms with van der Waals surface area (Å²) in [5.41, 5.74) is 0. The molecule has 0 rings (SSSR count). The minimum atomic E-state index is -2.64. The van der Waals surface area contributed by atoms with E-state index < -0.39 is 8.60 Å². The minimum Gasteiger partial charge on any atom is -0.820 e. The van der Waals surface area contributed by atoms with Crippen molar-refractivity contribution in [2.45, 2.75) is 52.4 Å². The van der Waals surface area contributed by atoms with E-state index in [1.54, 1.807) is 0 Å². The smallest absolute Gasteiger partial charge is 0.820 e. The molecule has 86 valence electrons. The SMILES string of the molecule is CC(C)CCCCCCCOP([O-])[O-].[Sr+2]. The average Bonchev–Trinajstić information content (AvgIpc) is 2.08. The molecular weight excluding hydrogens is 287 g/mol. The summed E-state index contributed by atoms with van der Waals surface area (Å²) < 4.78 is 4.44. The third-order valence-corrected chi connectivity index (χ3v) is 2.52. The molecule has 0 aromatic carbocycles. The molecule has 3 nitrogen and oxygen atoms in total. The van der Waals surface area contributed by atoms with Crippen molar-refractivity contribution < 1.29 is 14.3 Å². The third-order valence-electron chi connectivity index (χ3n) is 2.12. The van der Waals surface area contributed by atoms with Gasteiger partial charge >= 0.3 is 45.5 Å². The minimum absolute atomic E-state index is 0. The van der Waals surface area contributed by atoms with E-state index in [4.69, 9.17) is 0 Å². The van der Waals surface area contributed by atoms with E-state index in [0.29, 0.717) is 6.61 Å². The van der Waals surface area contributed by atoms with E-state index in [0.717, 1.165) is 18.8 Å². The van der Waals surface area contributed by atoms with Crippen LogP contribution in [0.2, 0.25) is 0 Å². The molecule has 0 aliphatic rings. The number of unbranched alkanes of at least 4 members (excludes halogenated alkanes) is 4. The van der Waals surface area contributed by atoms with Gasteiger partial charge in [0.25, 0.3) is 0 Å². The topological polar surface area (TPSA) is 55.3 Å². The Balaban J connectivity index is 0. The molecule has 0 heterocycles. The Morgan fingerprint density at radius 3 is 2.07 bits per heavy atom. The normalized spacial score (nSPS) is 10.8. The Hall–Kier alpha value is 1.79. The summed E-state index contributed by atoms with van der Waals surface area (Å²) in [6.07, 6.45) is 6.94. The summed E-state index contributed by atoms with van der Waals surface area (Å²) in [7, 11) is -2.64. The predicted molar refractivity (Wildman–Crippen MR) is 61.2 cm³/mol. The van der Waals surface area contributed by atoms with E-state index in [1.165, 1.54) is 25.7 Å². The summed E-state index contributed by atoms with van der Waals surface area (Å²) in [5, 5.41) is 0. The number of rotatable bonds is 9. The maximum absolute atomic E-state index is 10.0. The molecular formula is C10H21O3PSr. The van der Waals surface area contributed by atoms with Crippen LogP contribution < -0.4 is 9.79 Å². The zero-order valence-corrected chi connectivity index (χ0v) is 14.3. The van der Waals surface area contributed by atoms with Gasteiger partial charge in [-0.05, 0) is 12.3 Å². The second-order valence-electron chi connectivity index (χ2n) is 4.01. The van der Waals surface area contributed by atoms with E-state index in [2.05, 4.69) is 18.4 Å². The first-order valence-electron chi connectivity index (χ1n) is 5.40. The molecule has 0 aliphatic heterocycles. The van der Waals surface area contributed by atoms with Crippen molar-refractivity contribution in [2.24, 2.45) is 5.92 Å². The maximum Gasteiger partial charge on any atom is 2.00 e. The van der Waals surface area contributed by atoms with E-state index >= 15 is 0 Å². The van der Waals surface area contributed by atoms with E-state index in [-0.39, 0.29) is 45.5 Å². The summed E-state index contributed by atoms with van der Waals surface area (Å²) in [4.78, 5) is 20.0. The quantitative estimate of drug-likeness (QED) is 0.369. The van der Waals surface area contributed by atoms with Crippen LogP contribution in [-0.4, -0.2) is 52.1 Å². The summed E-state index contributed by atoms with van der Waals surface area (Å²) >= 11 is 0. The Kier molecular flexibility index (Phi) is 17.7. The van der Waals surface area contributed by atoms with Crippen molar-refractivity contribution in [2.75, 3.05) is 6.61 Å². The number of hydrogen-bond acceptors (Lipinski definition) is 3. The summed E-state index contributed by atoms with van der Waals surface area (Å²) in [5.74, 6) is 0.794. The van der Waals surface area contributed by atoms with Crippen LogP contribution in [0.15, 0.2) is 0 Å². The molecule has 0 amide bonds. The molecule has 15 heavy (non-hydrogen) atoms. The van der Waals surface area contributed by atoms with Crippen molar-refractivity contribution in [3.63, 3.8) is 0 Å². The Labute approximate surface area is 132 Å². The van der Waals surface area contributed by atoms with Gasteiger partial charge in [0, 0.05) is 6.61 Å². The molecule has 0 bridgehead atoms. The fourth-order valence-electron chi connectivity index (χ4n) is 1.32. The van der Waals surface area contributed by atoms with E-state index in [1.807, 2.05) is 0 Å². The van der Waals surface area contributed by atoms with Crippen LogP contribution >= 0.6 is 8.60 Å². The van der Waals surface area contributed by atoms with Crippen LogP contribution in [0.3, 0.4) is 0 Å². The van der Waals surface area contributed by atoms with E-state index in [9.17, 15) is 9.79 Å². The molecule has 5 heteroatoms. The second-order valence-corrected chi connectivity index (χ2v) is 4.71. The zero-order valence-electron chi connectivity index (χ0n) is 9.91. The first kappa shape index (κ1) is 19.1.